The molecule has 0 saturated carbocycles. The molecular formula is C9H8ClN5O2. The van der Waals surface area contributed by atoms with Crippen molar-refractivity contribution >= 4 is 23.3 Å². The summed E-state index contributed by atoms with van der Waals surface area (Å²) in [6, 6.07) is 1.47. The molecule has 0 fully saturated rings. The number of carboxylic acid groups (broad SMARTS) is 1. The standard InChI is InChI=1S/C9H8ClN5O2/c1-15-5(3-12-14-15)4-2-6(10)13-8(7(4)11)9(16)17/h2-3H,11H2,1H3,(H,16,17). The van der Waals surface area contributed by atoms with Crippen molar-refractivity contribution in [3.63, 3.8) is 0 Å². The molecule has 0 unspecified atom stereocenters. The topological polar surface area (TPSA) is 107 Å². The molecule has 17 heavy (non-hydrogen) atoms. The number of hydrogen-bond acceptors (Lipinski definition) is 5. The number of pyridine rings is 1. The molecule has 0 aliphatic heterocycles. The maximum Gasteiger partial charge on any atom is 0.356 e. The van der Waals surface area contributed by atoms with E-state index in [0.717, 1.165) is 0 Å². The van der Waals surface area contributed by atoms with E-state index in [0.29, 0.717) is 11.3 Å². The third-order valence-electron chi connectivity index (χ3n) is 2.22. The predicted molar refractivity (Wildman–Crippen MR) is 60.6 cm³/mol. The molecule has 0 aliphatic rings. The third-order valence-corrected chi connectivity index (χ3v) is 2.41. The molecule has 2 aromatic heterocycles. The Morgan fingerprint density at radius 3 is 2.82 bits per heavy atom. The van der Waals surface area contributed by atoms with Crippen molar-refractivity contribution < 1.29 is 9.90 Å². The largest absolute Gasteiger partial charge is 0.476 e. The molecule has 0 aromatic carbocycles. The fourth-order valence-electron chi connectivity index (χ4n) is 1.43. The van der Waals surface area contributed by atoms with Gasteiger partial charge in [-0.05, 0) is 6.07 Å². The zero-order valence-electron chi connectivity index (χ0n) is 8.75. The molecule has 3 N–H and O–H groups in total. The van der Waals surface area contributed by atoms with E-state index in [1.54, 1.807) is 7.05 Å². The molecule has 2 heterocycles. The van der Waals surface area contributed by atoms with Crippen molar-refractivity contribution in [2.75, 3.05) is 5.73 Å². The van der Waals surface area contributed by atoms with Gasteiger partial charge in [0.05, 0.1) is 17.6 Å². The predicted octanol–water partition coefficient (Wildman–Crippen LogP) is 0.811. The number of hydrogen-bond donors (Lipinski definition) is 2. The van der Waals surface area contributed by atoms with Crippen LogP contribution in [0.15, 0.2) is 12.3 Å². The summed E-state index contributed by atoms with van der Waals surface area (Å²) in [4.78, 5) is 14.6. The number of carboxylic acids is 1. The van der Waals surface area contributed by atoms with Crippen molar-refractivity contribution in [1.29, 1.82) is 0 Å². The first-order valence-electron chi connectivity index (χ1n) is 4.55. The van der Waals surface area contributed by atoms with Gasteiger partial charge in [0.2, 0.25) is 0 Å². The van der Waals surface area contributed by atoms with Crippen molar-refractivity contribution in [2.24, 2.45) is 7.05 Å². The highest BCUT2D eigenvalue weighted by Gasteiger charge is 2.18. The van der Waals surface area contributed by atoms with Crippen LogP contribution in [0.1, 0.15) is 10.5 Å². The number of carbonyl (C=O) groups is 1. The first kappa shape index (κ1) is 11.3. The summed E-state index contributed by atoms with van der Waals surface area (Å²) in [5.74, 6) is -1.23. The molecule has 0 spiro atoms. The second-order valence-corrected chi connectivity index (χ2v) is 3.69. The van der Waals surface area contributed by atoms with E-state index in [1.807, 2.05) is 0 Å². The summed E-state index contributed by atoms with van der Waals surface area (Å²) in [6.45, 7) is 0. The highest BCUT2D eigenvalue weighted by Crippen LogP contribution is 2.29. The zero-order chi connectivity index (χ0) is 12.6. The van der Waals surface area contributed by atoms with Crippen LogP contribution in [0.25, 0.3) is 11.3 Å². The molecule has 0 radical (unpaired) electrons. The quantitative estimate of drug-likeness (QED) is 0.767. The summed E-state index contributed by atoms with van der Waals surface area (Å²) in [6.07, 6.45) is 1.47. The first-order chi connectivity index (χ1) is 8.00. The fraction of sp³-hybridized carbons (Fsp3) is 0.111. The van der Waals surface area contributed by atoms with Crippen LogP contribution in [0.5, 0.6) is 0 Å². The number of rotatable bonds is 2. The minimum atomic E-state index is -1.23. The molecule has 2 aromatic rings. The summed E-state index contributed by atoms with van der Waals surface area (Å²) in [5, 5.41) is 16.4. The Hall–Kier alpha value is -2.15. The van der Waals surface area contributed by atoms with Crippen LogP contribution in [0.2, 0.25) is 5.15 Å². The molecule has 0 aliphatic carbocycles. The number of aryl methyl sites for hydroxylation is 1. The van der Waals surface area contributed by atoms with E-state index in [9.17, 15) is 4.79 Å². The van der Waals surface area contributed by atoms with Crippen LogP contribution in [0.3, 0.4) is 0 Å². The van der Waals surface area contributed by atoms with Crippen LogP contribution in [0.4, 0.5) is 5.69 Å². The van der Waals surface area contributed by atoms with Gasteiger partial charge in [-0.2, -0.15) is 0 Å². The lowest BCUT2D eigenvalue weighted by Gasteiger charge is -2.08. The minimum absolute atomic E-state index is 0.0345. The maximum absolute atomic E-state index is 10.9. The van der Waals surface area contributed by atoms with Crippen LogP contribution in [0, 0.1) is 0 Å². The Morgan fingerprint density at radius 1 is 1.59 bits per heavy atom. The lowest BCUT2D eigenvalue weighted by Crippen LogP contribution is -2.08. The second-order valence-electron chi connectivity index (χ2n) is 3.30. The van der Waals surface area contributed by atoms with Gasteiger partial charge in [-0.1, -0.05) is 16.8 Å². The lowest BCUT2D eigenvalue weighted by atomic mass is 10.1. The van der Waals surface area contributed by atoms with Gasteiger partial charge >= 0.3 is 5.97 Å². The number of nitrogens with two attached hydrogens (primary N) is 1. The minimum Gasteiger partial charge on any atom is -0.476 e. The van der Waals surface area contributed by atoms with Gasteiger partial charge in [0.25, 0.3) is 0 Å². The van der Waals surface area contributed by atoms with Gasteiger partial charge in [0.15, 0.2) is 5.69 Å². The van der Waals surface area contributed by atoms with E-state index >= 15 is 0 Å². The molecule has 0 amide bonds. The van der Waals surface area contributed by atoms with Crippen LogP contribution in [-0.4, -0.2) is 31.1 Å². The Balaban J connectivity index is 2.71. The average molecular weight is 254 g/mol. The second kappa shape index (κ2) is 4.02. The Labute approximate surface area is 101 Å². The number of aromatic nitrogens is 4. The van der Waals surface area contributed by atoms with E-state index in [-0.39, 0.29) is 16.5 Å². The van der Waals surface area contributed by atoms with Crippen molar-refractivity contribution in [1.82, 2.24) is 20.0 Å². The lowest BCUT2D eigenvalue weighted by molar-refractivity contribution is 0.0692. The van der Waals surface area contributed by atoms with E-state index < -0.39 is 5.97 Å². The molecule has 0 saturated heterocycles. The monoisotopic (exact) mass is 253 g/mol. The average Bonchev–Trinajstić information content (AvgIpc) is 2.67. The molecule has 88 valence electrons. The Kier molecular flexibility index (Phi) is 2.68. The number of halogens is 1. The third kappa shape index (κ3) is 1.92. The SMILES string of the molecule is Cn1nncc1-c1cc(Cl)nc(C(=O)O)c1N. The molecule has 7 nitrogen and oxygen atoms in total. The molecule has 8 heteroatoms. The van der Waals surface area contributed by atoms with Gasteiger partial charge in [-0.3, -0.25) is 0 Å². The van der Waals surface area contributed by atoms with Gasteiger partial charge < -0.3 is 10.8 Å². The molecule has 0 bridgehead atoms. The van der Waals surface area contributed by atoms with E-state index in [2.05, 4.69) is 15.3 Å². The van der Waals surface area contributed by atoms with Crippen LogP contribution >= 0.6 is 11.6 Å². The van der Waals surface area contributed by atoms with Gasteiger partial charge in [0, 0.05) is 12.6 Å². The summed E-state index contributed by atoms with van der Waals surface area (Å²) >= 11 is 5.76. The Bertz CT molecular complexity index is 595. The van der Waals surface area contributed by atoms with Crippen molar-refractivity contribution in [3.8, 4) is 11.3 Å². The maximum atomic E-state index is 10.9. The summed E-state index contributed by atoms with van der Waals surface area (Å²) in [5.41, 5.74) is 6.50. The first-order valence-corrected chi connectivity index (χ1v) is 4.93. The number of nitrogen functional groups attached to an aromatic ring is 1. The van der Waals surface area contributed by atoms with Crippen LogP contribution in [-0.2, 0) is 7.05 Å². The summed E-state index contributed by atoms with van der Waals surface area (Å²) < 4.78 is 1.47. The van der Waals surface area contributed by atoms with Gasteiger partial charge in [-0.25, -0.2) is 14.5 Å². The highest BCUT2D eigenvalue weighted by molar-refractivity contribution is 6.30. The van der Waals surface area contributed by atoms with E-state index in [1.165, 1.54) is 16.9 Å². The number of anilines is 1. The number of nitrogens with zero attached hydrogens (tertiary/aromatic N) is 4. The zero-order valence-corrected chi connectivity index (χ0v) is 9.51. The van der Waals surface area contributed by atoms with Crippen molar-refractivity contribution in [3.05, 3.63) is 23.1 Å². The normalized spacial score (nSPS) is 10.5. The number of aromatic carboxylic acids is 1. The molecular weight excluding hydrogens is 246 g/mol. The molecule has 2 rings (SSSR count). The fourth-order valence-corrected chi connectivity index (χ4v) is 1.63. The van der Waals surface area contributed by atoms with E-state index in [4.69, 9.17) is 22.4 Å². The summed E-state index contributed by atoms with van der Waals surface area (Å²) in [7, 11) is 1.66. The molecule has 0 atom stereocenters. The van der Waals surface area contributed by atoms with Crippen LogP contribution < -0.4 is 5.73 Å². The van der Waals surface area contributed by atoms with Gasteiger partial charge in [0.1, 0.15) is 5.15 Å². The smallest absolute Gasteiger partial charge is 0.356 e. The van der Waals surface area contributed by atoms with Gasteiger partial charge in [-0.15, -0.1) is 5.10 Å². The Morgan fingerprint density at radius 2 is 2.29 bits per heavy atom. The highest BCUT2D eigenvalue weighted by atomic mass is 35.5. The van der Waals surface area contributed by atoms with Crippen molar-refractivity contribution in [2.45, 2.75) is 0 Å².